The van der Waals surface area contributed by atoms with Crippen LogP contribution in [0.5, 0.6) is 5.75 Å². The van der Waals surface area contributed by atoms with Crippen molar-refractivity contribution in [1.82, 2.24) is 4.57 Å². The average Bonchev–Trinajstić information content (AvgIpc) is 2.99. The monoisotopic (exact) mass is 268 g/mol. The second-order valence-corrected chi connectivity index (χ2v) is 5.06. The molecular formula is C15H16N4O. The van der Waals surface area contributed by atoms with E-state index in [4.69, 9.17) is 10.3 Å². The molecule has 0 spiro atoms. The molecule has 1 heterocycles. The molecule has 1 aromatic carbocycles. The van der Waals surface area contributed by atoms with E-state index in [9.17, 15) is 0 Å². The van der Waals surface area contributed by atoms with Crippen LogP contribution in [0, 0.1) is 0 Å². The number of benzene rings is 1. The predicted octanol–water partition coefficient (Wildman–Crippen LogP) is 3.77. The van der Waals surface area contributed by atoms with Gasteiger partial charge in [0.25, 0.3) is 0 Å². The van der Waals surface area contributed by atoms with Crippen LogP contribution in [-0.4, -0.2) is 17.7 Å². The molecule has 1 aromatic heterocycles. The molecule has 1 aliphatic rings. The Morgan fingerprint density at radius 3 is 3.05 bits per heavy atom. The summed E-state index contributed by atoms with van der Waals surface area (Å²) in [5, 5.41) is 3.75. The molecule has 0 aliphatic heterocycles. The Hall–Kier alpha value is -2.39. The second-order valence-electron chi connectivity index (χ2n) is 5.06. The molecule has 0 saturated carbocycles. The van der Waals surface area contributed by atoms with Crippen molar-refractivity contribution in [2.45, 2.75) is 25.9 Å². The van der Waals surface area contributed by atoms with Crippen molar-refractivity contribution in [3.05, 3.63) is 52.0 Å². The van der Waals surface area contributed by atoms with Crippen molar-refractivity contribution >= 4 is 0 Å². The van der Waals surface area contributed by atoms with Crippen molar-refractivity contribution < 1.29 is 4.74 Å². The van der Waals surface area contributed by atoms with Crippen LogP contribution in [-0.2, 0) is 13.0 Å². The fraction of sp³-hybridized carbons (Fsp3) is 0.333. The van der Waals surface area contributed by atoms with Gasteiger partial charge in [-0.15, -0.1) is 0 Å². The summed E-state index contributed by atoms with van der Waals surface area (Å²) in [6.45, 7) is 2.61. The Morgan fingerprint density at radius 1 is 1.45 bits per heavy atom. The van der Waals surface area contributed by atoms with Gasteiger partial charge in [0, 0.05) is 35.2 Å². The molecule has 5 heteroatoms. The average molecular weight is 268 g/mol. The highest BCUT2D eigenvalue weighted by Crippen LogP contribution is 2.41. The molecule has 0 bridgehead atoms. The van der Waals surface area contributed by atoms with Crippen LogP contribution in [0.4, 0.5) is 0 Å². The summed E-state index contributed by atoms with van der Waals surface area (Å²) in [4.78, 5) is 2.87. The van der Waals surface area contributed by atoms with Gasteiger partial charge in [-0.2, -0.15) is 0 Å². The number of ether oxygens (including phenoxy) is 1. The highest BCUT2D eigenvalue weighted by Gasteiger charge is 2.25. The van der Waals surface area contributed by atoms with Gasteiger partial charge in [-0.3, -0.25) is 0 Å². The van der Waals surface area contributed by atoms with Crippen LogP contribution in [0.15, 0.2) is 35.6 Å². The number of hydrogen-bond donors (Lipinski definition) is 0. The van der Waals surface area contributed by atoms with Gasteiger partial charge < -0.3 is 9.30 Å². The molecule has 102 valence electrons. The van der Waals surface area contributed by atoms with Crippen LogP contribution in [0.1, 0.15) is 18.1 Å². The Bertz CT molecular complexity index is 698. The van der Waals surface area contributed by atoms with Gasteiger partial charge >= 0.3 is 0 Å². The maximum absolute atomic E-state index is 8.52. The molecule has 1 atom stereocenters. The fourth-order valence-corrected chi connectivity index (χ4v) is 2.90. The summed E-state index contributed by atoms with van der Waals surface area (Å²) in [5.41, 5.74) is 13.5. The molecule has 2 aromatic rings. The van der Waals surface area contributed by atoms with Crippen molar-refractivity contribution in [3.63, 3.8) is 0 Å². The molecule has 3 rings (SSSR count). The zero-order valence-corrected chi connectivity index (χ0v) is 11.6. The molecule has 5 nitrogen and oxygen atoms in total. The number of nitrogens with zero attached hydrogens (tertiary/aromatic N) is 4. The number of hydrogen-bond acceptors (Lipinski definition) is 2. The van der Waals surface area contributed by atoms with E-state index >= 15 is 0 Å². The lowest BCUT2D eigenvalue weighted by atomic mass is 10.1. The number of methoxy groups -OCH3 is 1. The minimum Gasteiger partial charge on any atom is -0.496 e. The summed E-state index contributed by atoms with van der Waals surface area (Å²) < 4.78 is 7.61. The van der Waals surface area contributed by atoms with Gasteiger partial charge in [0.05, 0.1) is 18.8 Å². The first-order valence-electron chi connectivity index (χ1n) is 6.63. The molecule has 0 N–H and O–H groups in total. The van der Waals surface area contributed by atoms with Gasteiger partial charge in [0.1, 0.15) is 5.75 Å². The predicted molar refractivity (Wildman–Crippen MR) is 77.8 cm³/mol. The minimum atomic E-state index is -0.0637. The highest BCUT2D eigenvalue weighted by molar-refractivity contribution is 5.77. The lowest BCUT2D eigenvalue weighted by molar-refractivity contribution is 0.411. The van der Waals surface area contributed by atoms with E-state index in [2.05, 4.69) is 32.9 Å². The standard InChI is InChI=1S/C15H16N4O/c1-10(17-18-16)9-19-7-6-11-8-13-12(15(11)19)4-3-5-14(13)20-2/h3-7,10H,8-9H2,1-2H3. The van der Waals surface area contributed by atoms with Gasteiger partial charge in [0.15, 0.2) is 0 Å². The number of aromatic nitrogens is 1. The smallest absolute Gasteiger partial charge is 0.123 e. The third kappa shape index (κ3) is 1.92. The SMILES string of the molecule is COc1cccc2c1Cc1ccn(CC(C)N=[N+]=[N-])c1-2. The second kappa shape index (κ2) is 4.94. The van der Waals surface area contributed by atoms with E-state index in [0.29, 0.717) is 6.54 Å². The topological polar surface area (TPSA) is 62.9 Å². The van der Waals surface area contributed by atoms with E-state index in [1.807, 2.05) is 19.1 Å². The van der Waals surface area contributed by atoms with E-state index in [1.165, 1.54) is 22.4 Å². The molecule has 0 amide bonds. The van der Waals surface area contributed by atoms with Crippen LogP contribution in [0.3, 0.4) is 0 Å². The Morgan fingerprint density at radius 2 is 2.30 bits per heavy atom. The van der Waals surface area contributed by atoms with Crippen molar-refractivity contribution in [2.24, 2.45) is 5.11 Å². The Labute approximate surface area is 117 Å². The summed E-state index contributed by atoms with van der Waals surface area (Å²) in [5.74, 6) is 0.938. The highest BCUT2D eigenvalue weighted by atomic mass is 16.5. The first kappa shape index (κ1) is 12.6. The first-order chi connectivity index (χ1) is 9.74. The Balaban J connectivity index is 2.03. The van der Waals surface area contributed by atoms with E-state index in [0.717, 1.165) is 12.2 Å². The van der Waals surface area contributed by atoms with Crippen molar-refractivity contribution in [2.75, 3.05) is 7.11 Å². The van der Waals surface area contributed by atoms with Gasteiger partial charge in [0.2, 0.25) is 0 Å². The van der Waals surface area contributed by atoms with Crippen LogP contribution in [0.25, 0.3) is 21.7 Å². The molecular weight excluding hydrogens is 252 g/mol. The van der Waals surface area contributed by atoms with Crippen molar-refractivity contribution in [3.8, 4) is 17.0 Å². The summed E-state index contributed by atoms with van der Waals surface area (Å²) in [6, 6.07) is 8.21. The largest absolute Gasteiger partial charge is 0.496 e. The lowest BCUT2D eigenvalue weighted by Gasteiger charge is -2.12. The van der Waals surface area contributed by atoms with Gasteiger partial charge in [-0.05, 0) is 23.2 Å². The summed E-state index contributed by atoms with van der Waals surface area (Å²) in [7, 11) is 1.70. The zero-order chi connectivity index (χ0) is 14.1. The molecule has 20 heavy (non-hydrogen) atoms. The molecule has 0 fully saturated rings. The van der Waals surface area contributed by atoms with Crippen molar-refractivity contribution in [1.29, 1.82) is 0 Å². The first-order valence-corrected chi connectivity index (χ1v) is 6.63. The zero-order valence-electron chi connectivity index (χ0n) is 11.6. The van der Waals surface area contributed by atoms with Crippen LogP contribution in [0.2, 0.25) is 0 Å². The molecule has 1 aliphatic carbocycles. The Kier molecular flexibility index (Phi) is 3.12. The minimum absolute atomic E-state index is 0.0637. The van der Waals surface area contributed by atoms with Gasteiger partial charge in [-0.1, -0.05) is 24.2 Å². The summed E-state index contributed by atoms with van der Waals surface area (Å²) in [6.07, 6.45) is 2.97. The van der Waals surface area contributed by atoms with Crippen LogP contribution < -0.4 is 4.74 Å². The molecule has 0 saturated heterocycles. The normalized spacial score (nSPS) is 13.3. The lowest BCUT2D eigenvalue weighted by Crippen LogP contribution is -2.09. The van der Waals surface area contributed by atoms with E-state index in [1.54, 1.807) is 7.11 Å². The van der Waals surface area contributed by atoms with Gasteiger partial charge in [-0.25, -0.2) is 0 Å². The third-order valence-corrected chi connectivity index (χ3v) is 3.73. The van der Waals surface area contributed by atoms with E-state index < -0.39 is 0 Å². The maximum atomic E-state index is 8.52. The van der Waals surface area contributed by atoms with Crippen LogP contribution >= 0.6 is 0 Å². The van der Waals surface area contributed by atoms with E-state index in [-0.39, 0.29) is 6.04 Å². The number of fused-ring (bicyclic) bond motifs is 3. The fourth-order valence-electron chi connectivity index (χ4n) is 2.90. The molecule has 1 unspecified atom stereocenters. The third-order valence-electron chi connectivity index (χ3n) is 3.73. The number of rotatable bonds is 4. The quantitative estimate of drug-likeness (QED) is 0.403. The summed E-state index contributed by atoms with van der Waals surface area (Å²) >= 11 is 0. The maximum Gasteiger partial charge on any atom is 0.123 e. The molecule has 0 radical (unpaired) electrons. The number of azide groups is 1.